The lowest BCUT2D eigenvalue weighted by atomic mass is 9.80. The summed E-state index contributed by atoms with van der Waals surface area (Å²) in [6, 6.07) is 0. The molecule has 0 aromatic heterocycles. The van der Waals surface area contributed by atoms with Crippen LogP contribution in [-0.2, 0) is 4.74 Å². The van der Waals surface area contributed by atoms with Gasteiger partial charge in [-0.15, -0.1) is 6.58 Å². The van der Waals surface area contributed by atoms with Gasteiger partial charge >= 0.3 is 0 Å². The highest BCUT2D eigenvalue weighted by atomic mass is 16.6. The Bertz CT molecular complexity index is 416. The van der Waals surface area contributed by atoms with E-state index < -0.39 is 0 Å². The van der Waals surface area contributed by atoms with Crippen molar-refractivity contribution < 1.29 is 4.74 Å². The molecule has 3 rings (SSSR count). The maximum atomic E-state index is 6.20. The second-order valence-corrected chi connectivity index (χ2v) is 7.53. The fourth-order valence-corrected chi connectivity index (χ4v) is 4.52. The van der Waals surface area contributed by atoms with E-state index in [1.807, 2.05) is 6.08 Å². The topological polar surface area (TPSA) is 24.6 Å². The highest BCUT2D eigenvalue weighted by molar-refractivity contribution is 5.18. The van der Waals surface area contributed by atoms with Gasteiger partial charge in [0.1, 0.15) is 6.10 Å². The number of allylic oxidation sites excluding steroid dienone is 1. The standard InChI is InChI=1S/C19H31NO/c1-4-10-20-19(3)13-14(5-2)11-15-8-6-7-9-16(12-15)17-18(19)21-17/h4,12,14,16-18,20H,1,5-11,13H2,2-3H3/t14?,16?,17?,18?,19-/m0/s1. The first-order chi connectivity index (χ1) is 10.2. The molecule has 21 heavy (non-hydrogen) atoms. The van der Waals surface area contributed by atoms with Gasteiger partial charge in [-0.2, -0.15) is 0 Å². The fraction of sp³-hybridized carbons (Fsp3) is 0.789. The summed E-state index contributed by atoms with van der Waals surface area (Å²) in [6.45, 7) is 9.46. The lowest BCUT2D eigenvalue weighted by molar-refractivity contribution is 0.206. The van der Waals surface area contributed by atoms with Crippen LogP contribution in [0, 0.1) is 11.8 Å². The van der Waals surface area contributed by atoms with Crippen molar-refractivity contribution in [2.45, 2.75) is 76.5 Å². The molecule has 0 amide bonds. The SMILES string of the molecule is C=CCN[C@@]1(C)CC(CC)CC2=CC(CCCC2)C2OC21. The number of rotatable bonds is 4. The molecule has 4 unspecified atom stereocenters. The van der Waals surface area contributed by atoms with Crippen molar-refractivity contribution in [1.82, 2.24) is 5.32 Å². The third kappa shape index (κ3) is 3.27. The molecular weight excluding hydrogens is 258 g/mol. The Hall–Kier alpha value is -0.600. The highest BCUT2D eigenvalue weighted by Gasteiger charge is 2.55. The third-order valence-electron chi connectivity index (χ3n) is 5.80. The molecule has 0 saturated carbocycles. The molecule has 1 fully saturated rings. The maximum Gasteiger partial charge on any atom is 0.103 e. The molecule has 0 radical (unpaired) electrons. The van der Waals surface area contributed by atoms with E-state index in [4.69, 9.17) is 4.74 Å². The van der Waals surface area contributed by atoms with Crippen LogP contribution >= 0.6 is 0 Å². The zero-order valence-electron chi connectivity index (χ0n) is 13.7. The predicted octanol–water partition coefficient (Wildman–Crippen LogP) is 4.22. The first kappa shape index (κ1) is 15.3. The Kier molecular flexibility index (Phi) is 4.56. The van der Waals surface area contributed by atoms with Gasteiger partial charge in [0.05, 0.1) is 6.10 Å². The highest BCUT2D eigenvalue weighted by Crippen LogP contribution is 2.46. The van der Waals surface area contributed by atoms with E-state index in [1.54, 1.807) is 5.57 Å². The second-order valence-electron chi connectivity index (χ2n) is 7.53. The van der Waals surface area contributed by atoms with E-state index in [2.05, 4.69) is 31.8 Å². The van der Waals surface area contributed by atoms with Crippen LogP contribution in [0.1, 0.15) is 58.8 Å². The number of nitrogens with one attached hydrogen (secondary N) is 1. The Labute approximate surface area is 130 Å². The maximum absolute atomic E-state index is 6.20. The quantitative estimate of drug-likeness (QED) is 0.619. The van der Waals surface area contributed by atoms with E-state index in [0.29, 0.717) is 18.1 Å². The van der Waals surface area contributed by atoms with Gasteiger partial charge in [0, 0.05) is 18.0 Å². The van der Waals surface area contributed by atoms with Gasteiger partial charge in [0.25, 0.3) is 0 Å². The molecule has 118 valence electrons. The Morgan fingerprint density at radius 1 is 1.48 bits per heavy atom. The van der Waals surface area contributed by atoms with Crippen LogP contribution in [-0.4, -0.2) is 24.3 Å². The summed E-state index contributed by atoms with van der Waals surface area (Å²) in [5.41, 5.74) is 1.83. The van der Waals surface area contributed by atoms with Gasteiger partial charge in [-0.1, -0.05) is 37.5 Å². The zero-order chi connectivity index (χ0) is 14.9. The van der Waals surface area contributed by atoms with Gasteiger partial charge in [-0.3, -0.25) is 0 Å². The molecular formula is C19H31NO. The first-order valence-electron chi connectivity index (χ1n) is 8.87. The summed E-state index contributed by atoms with van der Waals surface area (Å²) < 4.78 is 6.20. The largest absolute Gasteiger partial charge is 0.367 e. The second kappa shape index (κ2) is 6.26. The molecule has 3 aliphatic rings. The summed E-state index contributed by atoms with van der Waals surface area (Å²) in [6.07, 6.45) is 14.6. The van der Waals surface area contributed by atoms with Crippen molar-refractivity contribution in [2.75, 3.05) is 6.54 Å². The average Bonchev–Trinajstić information content (AvgIpc) is 3.27. The smallest absolute Gasteiger partial charge is 0.103 e. The monoisotopic (exact) mass is 289 g/mol. The molecule has 0 aromatic rings. The number of ether oxygens (including phenoxy) is 1. The number of hydrogen-bond acceptors (Lipinski definition) is 2. The molecule has 1 aliphatic heterocycles. The van der Waals surface area contributed by atoms with Gasteiger partial charge < -0.3 is 10.1 Å². The number of hydrogen-bond donors (Lipinski definition) is 1. The summed E-state index contributed by atoms with van der Waals surface area (Å²) in [5, 5.41) is 3.73. The van der Waals surface area contributed by atoms with Crippen molar-refractivity contribution in [3.63, 3.8) is 0 Å². The van der Waals surface area contributed by atoms with Gasteiger partial charge in [0.15, 0.2) is 0 Å². The van der Waals surface area contributed by atoms with E-state index >= 15 is 0 Å². The van der Waals surface area contributed by atoms with Crippen LogP contribution in [0.15, 0.2) is 24.3 Å². The van der Waals surface area contributed by atoms with Crippen LogP contribution in [0.4, 0.5) is 0 Å². The van der Waals surface area contributed by atoms with Crippen molar-refractivity contribution in [1.29, 1.82) is 0 Å². The van der Waals surface area contributed by atoms with Gasteiger partial charge in [0.2, 0.25) is 0 Å². The molecule has 2 aliphatic carbocycles. The minimum atomic E-state index is 0.111. The Morgan fingerprint density at radius 3 is 3.10 bits per heavy atom. The lowest BCUT2D eigenvalue weighted by Gasteiger charge is -2.33. The summed E-state index contributed by atoms with van der Waals surface area (Å²) in [5.74, 6) is 1.44. The van der Waals surface area contributed by atoms with Crippen molar-refractivity contribution in [2.24, 2.45) is 11.8 Å². The fourth-order valence-electron chi connectivity index (χ4n) is 4.52. The molecule has 0 aromatic carbocycles. The molecule has 5 atom stereocenters. The molecule has 2 nitrogen and oxygen atoms in total. The summed E-state index contributed by atoms with van der Waals surface area (Å²) in [7, 11) is 0. The minimum absolute atomic E-state index is 0.111. The number of fused-ring (bicyclic) bond motifs is 3. The molecule has 0 spiro atoms. The van der Waals surface area contributed by atoms with Crippen LogP contribution in [0.5, 0.6) is 0 Å². The zero-order valence-corrected chi connectivity index (χ0v) is 13.7. The molecule has 1 heterocycles. The average molecular weight is 289 g/mol. The van der Waals surface area contributed by atoms with E-state index in [1.165, 1.54) is 44.9 Å². The van der Waals surface area contributed by atoms with Crippen molar-refractivity contribution in [3.8, 4) is 0 Å². The van der Waals surface area contributed by atoms with E-state index in [9.17, 15) is 0 Å². The van der Waals surface area contributed by atoms with Crippen LogP contribution in [0.2, 0.25) is 0 Å². The van der Waals surface area contributed by atoms with Gasteiger partial charge in [-0.05, 0) is 44.9 Å². The van der Waals surface area contributed by atoms with Crippen molar-refractivity contribution in [3.05, 3.63) is 24.3 Å². The summed E-state index contributed by atoms with van der Waals surface area (Å²) >= 11 is 0. The normalized spacial score (nSPS) is 42.7. The number of epoxide rings is 1. The van der Waals surface area contributed by atoms with Crippen LogP contribution in [0.3, 0.4) is 0 Å². The lowest BCUT2D eigenvalue weighted by Crippen LogP contribution is -2.49. The Balaban J connectivity index is 1.83. The minimum Gasteiger partial charge on any atom is -0.367 e. The summed E-state index contributed by atoms with van der Waals surface area (Å²) in [4.78, 5) is 0. The third-order valence-corrected chi connectivity index (χ3v) is 5.80. The van der Waals surface area contributed by atoms with Crippen LogP contribution in [0.25, 0.3) is 0 Å². The molecule has 1 saturated heterocycles. The molecule has 2 heteroatoms. The first-order valence-corrected chi connectivity index (χ1v) is 8.87. The van der Waals surface area contributed by atoms with E-state index in [-0.39, 0.29) is 5.54 Å². The van der Waals surface area contributed by atoms with Gasteiger partial charge in [-0.25, -0.2) is 0 Å². The molecule has 2 bridgehead atoms. The van der Waals surface area contributed by atoms with E-state index in [0.717, 1.165) is 12.5 Å². The van der Waals surface area contributed by atoms with Crippen LogP contribution < -0.4 is 5.32 Å². The van der Waals surface area contributed by atoms with Crippen molar-refractivity contribution >= 4 is 0 Å². The predicted molar refractivity (Wildman–Crippen MR) is 88.3 cm³/mol. The Morgan fingerprint density at radius 2 is 2.33 bits per heavy atom. The molecule has 1 N–H and O–H groups in total.